The van der Waals surface area contributed by atoms with Crippen LogP contribution >= 0.6 is 0 Å². The molecule has 0 saturated carbocycles. The molecule has 4 rings (SSSR count). The van der Waals surface area contributed by atoms with Gasteiger partial charge in [0.1, 0.15) is 5.75 Å². The Morgan fingerprint density at radius 3 is 1.65 bits per heavy atom. The number of hydrogen-bond acceptors (Lipinski definition) is 12. The summed E-state index contributed by atoms with van der Waals surface area (Å²) < 4.78 is 5.94. The summed E-state index contributed by atoms with van der Waals surface area (Å²) in [5.41, 5.74) is 1.30. The highest BCUT2D eigenvalue weighted by atomic mass is 16.5. The molecule has 0 radical (unpaired) electrons. The van der Waals surface area contributed by atoms with Gasteiger partial charge in [0, 0.05) is 102 Å². The van der Waals surface area contributed by atoms with E-state index in [1.165, 1.54) is 0 Å². The minimum Gasteiger partial charge on any atom is -0.494 e. The molecule has 0 unspecified atom stereocenters. The van der Waals surface area contributed by atoms with Crippen LogP contribution in [0.3, 0.4) is 0 Å². The van der Waals surface area contributed by atoms with E-state index >= 15 is 0 Å². The Morgan fingerprint density at radius 1 is 0.673 bits per heavy atom. The van der Waals surface area contributed by atoms with Crippen molar-refractivity contribution >= 4 is 41.0 Å². The zero-order chi connectivity index (χ0) is 35.2. The van der Waals surface area contributed by atoms with E-state index < -0.39 is 17.9 Å². The van der Waals surface area contributed by atoms with Crippen molar-refractivity contribution in [3.63, 3.8) is 0 Å². The molecule has 1 aromatic carbocycles. The number of hydrogen-bond donors (Lipinski definition) is 3. The largest absolute Gasteiger partial charge is 0.494 e. The quantitative estimate of drug-likeness (QED) is 0.169. The zero-order valence-electron chi connectivity index (χ0n) is 27.8. The van der Waals surface area contributed by atoms with Gasteiger partial charge in [0.25, 0.3) is 0 Å². The predicted octanol–water partition coefficient (Wildman–Crippen LogP) is -0.564. The van der Waals surface area contributed by atoms with Crippen molar-refractivity contribution < 1.29 is 44.0 Å². The Hall–Kier alpha value is -4.22. The molecule has 268 valence electrons. The molecule has 0 aliphatic carbocycles. The van der Waals surface area contributed by atoms with Gasteiger partial charge in [-0.15, -0.1) is 0 Å². The van der Waals surface area contributed by atoms with Gasteiger partial charge in [0.2, 0.25) is 5.91 Å². The number of fused-ring (bicyclic) bond motifs is 1. The van der Waals surface area contributed by atoms with Gasteiger partial charge in [-0.2, -0.15) is 0 Å². The van der Waals surface area contributed by atoms with Gasteiger partial charge in [0.05, 0.1) is 38.3 Å². The Bertz CT molecular complexity index is 1400. The van der Waals surface area contributed by atoms with Gasteiger partial charge in [-0.25, -0.2) is 0 Å². The van der Waals surface area contributed by atoms with E-state index in [0.29, 0.717) is 83.4 Å². The maximum absolute atomic E-state index is 13.4. The van der Waals surface area contributed by atoms with Crippen molar-refractivity contribution in [2.45, 2.75) is 6.42 Å². The van der Waals surface area contributed by atoms with Crippen molar-refractivity contribution in [3.05, 3.63) is 36.0 Å². The second-order valence-corrected chi connectivity index (χ2v) is 12.4. The lowest BCUT2D eigenvalue weighted by Crippen LogP contribution is -2.53. The molecule has 2 aliphatic rings. The molecule has 3 heterocycles. The molecule has 0 spiro atoms. The molecule has 16 heteroatoms. The van der Waals surface area contributed by atoms with E-state index in [-0.39, 0.29) is 32.1 Å². The van der Waals surface area contributed by atoms with Crippen LogP contribution in [0.25, 0.3) is 10.9 Å². The van der Waals surface area contributed by atoms with Gasteiger partial charge in [0.15, 0.2) is 6.29 Å². The van der Waals surface area contributed by atoms with Crippen molar-refractivity contribution in [3.8, 4) is 5.75 Å². The van der Waals surface area contributed by atoms with Crippen LogP contribution in [0.15, 0.2) is 30.5 Å². The Balaban J connectivity index is 1.26. The van der Waals surface area contributed by atoms with E-state index in [1.807, 2.05) is 28.0 Å². The number of ether oxygens (including phenoxy) is 1. The van der Waals surface area contributed by atoms with Crippen molar-refractivity contribution in [2.24, 2.45) is 0 Å². The smallest absolute Gasteiger partial charge is 0.317 e. The zero-order valence-corrected chi connectivity index (χ0v) is 27.8. The Kier molecular flexibility index (Phi) is 14.6. The summed E-state index contributed by atoms with van der Waals surface area (Å²) >= 11 is 0. The molecule has 49 heavy (non-hydrogen) atoms. The highest BCUT2D eigenvalue weighted by Crippen LogP contribution is 2.22. The van der Waals surface area contributed by atoms with Crippen LogP contribution in [0.1, 0.15) is 16.8 Å². The van der Waals surface area contributed by atoms with E-state index in [2.05, 4.69) is 9.88 Å². The first-order valence-corrected chi connectivity index (χ1v) is 16.6. The molecule has 0 atom stereocenters. The van der Waals surface area contributed by atoms with Crippen molar-refractivity contribution in [2.75, 3.05) is 118 Å². The molecule has 2 saturated heterocycles. The number of carbonyl (C=O) groups is 5. The van der Waals surface area contributed by atoms with Gasteiger partial charge >= 0.3 is 17.9 Å². The number of carboxylic acid groups (broad SMARTS) is 3. The average Bonchev–Trinajstić information content (AvgIpc) is 3.07. The summed E-state index contributed by atoms with van der Waals surface area (Å²) in [4.78, 5) is 74.8. The lowest BCUT2D eigenvalue weighted by atomic mass is 10.1. The maximum Gasteiger partial charge on any atom is 0.317 e. The van der Waals surface area contributed by atoms with Gasteiger partial charge in [-0.3, -0.25) is 53.5 Å². The van der Waals surface area contributed by atoms with E-state index in [9.17, 15) is 39.3 Å². The molecule has 16 nitrogen and oxygen atoms in total. The highest BCUT2D eigenvalue weighted by Gasteiger charge is 2.25. The number of aromatic nitrogens is 1. The molecule has 1 amide bonds. The van der Waals surface area contributed by atoms with Crippen LogP contribution in [0.2, 0.25) is 0 Å². The van der Waals surface area contributed by atoms with Crippen LogP contribution in [-0.4, -0.2) is 198 Å². The van der Waals surface area contributed by atoms with Crippen LogP contribution < -0.4 is 4.74 Å². The summed E-state index contributed by atoms with van der Waals surface area (Å²) in [6.07, 6.45) is 3.21. The molecular weight excluding hydrogens is 638 g/mol. The number of piperazine rings is 1. The fraction of sp³-hybridized carbons (Fsp3) is 0.576. The fourth-order valence-corrected chi connectivity index (χ4v) is 6.11. The fourth-order valence-electron chi connectivity index (χ4n) is 6.11. The number of carbonyl (C=O) groups excluding carboxylic acids is 2. The predicted molar refractivity (Wildman–Crippen MR) is 179 cm³/mol. The molecule has 1 aromatic heterocycles. The second kappa shape index (κ2) is 19.1. The van der Waals surface area contributed by atoms with Gasteiger partial charge in [-0.05, 0) is 30.7 Å². The maximum atomic E-state index is 13.4. The summed E-state index contributed by atoms with van der Waals surface area (Å²) in [5.74, 6) is -2.34. The first-order valence-electron chi connectivity index (χ1n) is 16.6. The van der Waals surface area contributed by atoms with Gasteiger partial charge < -0.3 is 25.0 Å². The number of amides is 1. The van der Waals surface area contributed by atoms with E-state index in [0.717, 1.165) is 43.2 Å². The molecule has 2 aromatic rings. The number of benzene rings is 1. The number of aliphatic carboxylic acids is 3. The van der Waals surface area contributed by atoms with Crippen molar-refractivity contribution in [1.82, 2.24) is 34.4 Å². The summed E-state index contributed by atoms with van der Waals surface area (Å²) in [5, 5.41) is 29.0. The van der Waals surface area contributed by atoms with Crippen molar-refractivity contribution in [1.29, 1.82) is 0 Å². The Morgan fingerprint density at radius 2 is 1.16 bits per heavy atom. The topological polar surface area (TPSA) is 188 Å². The third-order valence-electron chi connectivity index (χ3n) is 8.85. The summed E-state index contributed by atoms with van der Waals surface area (Å²) in [6, 6.07) is 7.19. The number of nitrogens with zero attached hydrogens (tertiary/aromatic N) is 7. The average molecular weight is 686 g/mol. The second-order valence-electron chi connectivity index (χ2n) is 12.4. The molecule has 3 N–H and O–H groups in total. The highest BCUT2D eigenvalue weighted by molar-refractivity contribution is 5.96. The monoisotopic (exact) mass is 685 g/mol. The molecule has 2 fully saturated rings. The molecule has 2 aliphatic heterocycles. The standard InChI is InChI=1S/C33H47N7O9/c41-25-26-4-5-34-29-3-2-27(20-28(26)29)49-19-1-6-35-15-17-40(18-16-35)30(42)21-36-7-9-37(22-31(43)44)11-13-39(24-33(47)48)14-12-38(10-8-36)23-32(45)46/h2-5,20,25H,1,6-19,21-24H2,(H,43,44)(H,45,46)(H,47,48). The summed E-state index contributed by atoms with van der Waals surface area (Å²) in [6.45, 7) is 6.25. The van der Waals surface area contributed by atoms with Crippen LogP contribution in [0, 0.1) is 0 Å². The lowest BCUT2D eigenvalue weighted by Gasteiger charge is -2.37. The molecule has 0 bridgehead atoms. The summed E-state index contributed by atoms with van der Waals surface area (Å²) in [7, 11) is 0. The normalized spacial score (nSPS) is 18.4. The third-order valence-corrected chi connectivity index (χ3v) is 8.85. The Labute approximate surface area is 285 Å². The van der Waals surface area contributed by atoms with Crippen LogP contribution in [0.5, 0.6) is 5.75 Å². The lowest BCUT2D eigenvalue weighted by molar-refractivity contribution is -0.141. The number of aldehydes is 1. The van der Waals surface area contributed by atoms with Crippen LogP contribution in [0.4, 0.5) is 0 Å². The minimum atomic E-state index is -1.01. The third kappa shape index (κ3) is 12.6. The van der Waals surface area contributed by atoms with E-state index in [1.54, 1.807) is 27.0 Å². The minimum absolute atomic E-state index is 0.0298. The number of carboxylic acids is 3. The number of rotatable bonds is 14. The van der Waals surface area contributed by atoms with Crippen LogP contribution in [-0.2, 0) is 19.2 Å². The SMILES string of the molecule is O=Cc1ccnc2ccc(OCCCN3CCN(C(=O)CN4CCN(CC(=O)O)CCN(CC(=O)O)CCN(CC(=O)O)CC4)CC3)cc12. The first kappa shape index (κ1) is 37.6. The molecular formula is C33H47N7O9. The van der Waals surface area contributed by atoms with E-state index in [4.69, 9.17) is 4.74 Å². The van der Waals surface area contributed by atoms with Gasteiger partial charge in [-0.1, -0.05) is 0 Å². The number of pyridine rings is 1. The first-order chi connectivity index (χ1) is 23.6.